The number of benzene rings is 1. The Morgan fingerprint density at radius 2 is 2.20 bits per heavy atom. The molecule has 0 bridgehead atoms. The average Bonchev–Trinajstić information content (AvgIpc) is 2.30. The van der Waals surface area contributed by atoms with Gasteiger partial charge in [-0.15, -0.1) is 11.8 Å². The highest BCUT2D eigenvalue weighted by molar-refractivity contribution is 7.98. The number of esters is 1. The normalized spacial score (nSPS) is 12.2. The van der Waals surface area contributed by atoms with E-state index in [1.54, 1.807) is 11.8 Å². The molecule has 1 rings (SSSR count). The molecule has 0 spiro atoms. The van der Waals surface area contributed by atoms with Gasteiger partial charge in [-0.1, -0.05) is 18.2 Å². The van der Waals surface area contributed by atoms with Gasteiger partial charge in [0.25, 0.3) is 0 Å². The Hall–Kier alpha value is -1.00. The molecular weight excluding hydrogens is 210 g/mol. The van der Waals surface area contributed by atoms with E-state index in [0.29, 0.717) is 0 Å². The van der Waals surface area contributed by atoms with Crippen LogP contribution in [0.3, 0.4) is 0 Å². The highest BCUT2D eigenvalue weighted by Crippen LogP contribution is 2.27. The van der Waals surface area contributed by atoms with Crippen molar-refractivity contribution >= 4 is 17.7 Å². The number of nitrogens with two attached hydrogens (primary N) is 1. The van der Waals surface area contributed by atoms with Crippen molar-refractivity contribution in [3.8, 4) is 0 Å². The summed E-state index contributed by atoms with van der Waals surface area (Å²) in [5, 5.41) is 0. The molecular formula is C11H15NO2S. The van der Waals surface area contributed by atoms with Crippen LogP contribution in [-0.2, 0) is 9.53 Å². The van der Waals surface area contributed by atoms with Gasteiger partial charge in [0.05, 0.1) is 13.0 Å². The molecule has 1 atom stereocenters. The number of carbonyl (C=O) groups excluding carboxylic acids is 1. The second-order valence-electron chi connectivity index (χ2n) is 3.05. The zero-order valence-electron chi connectivity index (χ0n) is 8.90. The highest BCUT2D eigenvalue weighted by Gasteiger charge is 2.21. The first-order valence-corrected chi connectivity index (χ1v) is 5.87. The van der Waals surface area contributed by atoms with Crippen LogP contribution in [0, 0.1) is 0 Å². The Balaban J connectivity index is 3.05. The Morgan fingerprint density at radius 1 is 1.53 bits per heavy atom. The standard InChI is InChI=1S/C11H15NO2S/c1-14-11(13)9(7-12)8-5-3-4-6-10(8)15-2/h3-6,9H,7,12H2,1-2H3. The number of hydrogen-bond acceptors (Lipinski definition) is 4. The largest absolute Gasteiger partial charge is 0.469 e. The maximum Gasteiger partial charge on any atom is 0.314 e. The Labute approximate surface area is 94.0 Å². The summed E-state index contributed by atoms with van der Waals surface area (Å²) < 4.78 is 4.73. The molecule has 1 aromatic carbocycles. The molecule has 2 N–H and O–H groups in total. The molecule has 0 radical (unpaired) electrons. The summed E-state index contributed by atoms with van der Waals surface area (Å²) >= 11 is 1.60. The molecule has 1 aromatic rings. The molecule has 15 heavy (non-hydrogen) atoms. The number of rotatable bonds is 4. The van der Waals surface area contributed by atoms with Gasteiger partial charge in [-0.05, 0) is 17.9 Å². The van der Waals surface area contributed by atoms with Crippen LogP contribution in [0.1, 0.15) is 11.5 Å². The van der Waals surface area contributed by atoms with Gasteiger partial charge in [-0.2, -0.15) is 0 Å². The molecule has 0 fully saturated rings. The Kier molecular flexibility index (Phi) is 4.65. The predicted octanol–water partition coefficient (Wildman–Crippen LogP) is 1.62. The minimum absolute atomic E-state index is 0.268. The molecule has 0 saturated carbocycles. The lowest BCUT2D eigenvalue weighted by Crippen LogP contribution is -2.23. The van der Waals surface area contributed by atoms with E-state index in [-0.39, 0.29) is 18.4 Å². The fourth-order valence-corrected chi connectivity index (χ4v) is 2.11. The summed E-state index contributed by atoms with van der Waals surface area (Å²) in [6, 6.07) is 7.74. The first kappa shape index (κ1) is 12.1. The van der Waals surface area contributed by atoms with Gasteiger partial charge in [0.1, 0.15) is 0 Å². The van der Waals surface area contributed by atoms with Crippen LogP contribution in [0.4, 0.5) is 0 Å². The van der Waals surface area contributed by atoms with E-state index in [4.69, 9.17) is 10.5 Å². The lowest BCUT2D eigenvalue weighted by molar-refractivity contribution is -0.142. The molecule has 0 heterocycles. The van der Waals surface area contributed by atoms with E-state index in [9.17, 15) is 4.79 Å². The molecule has 0 aliphatic heterocycles. The molecule has 82 valence electrons. The van der Waals surface area contributed by atoms with Gasteiger partial charge in [-0.3, -0.25) is 4.79 Å². The fraction of sp³-hybridized carbons (Fsp3) is 0.364. The predicted molar refractivity (Wildman–Crippen MR) is 62.0 cm³/mol. The fourth-order valence-electron chi connectivity index (χ4n) is 1.45. The average molecular weight is 225 g/mol. The van der Waals surface area contributed by atoms with Gasteiger partial charge < -0.3 is 10.5 Å². The van der Waals surface area contributed by atoms with Crippen LogP contribution < -0.4 is 5.73 Å². The molecule has 0 saturated heterocycles. The van der Waals surface area contributed by atoms with Gasteiger partial charge >= 0.3 is 5.97 Å². The van der Waals surface area contributed by atoms with Gasteiger partial charge in [0, 0.05) is 11.4 Å². The SMILES string of the molecule is COC(=O)C(CN)c1ccccc1SC. The number of methoxy groups -OCH3 is 1. The minimum atomic E-state index is -0.362. The van der Waals surface area contributed by atoms with Crippen molar-refractivity contribution in [2.45, 2.75) is 10.8 Å². The van der Waals surface area contributed by atoms with E-state index >= 15 is 0 Å². The monoisotopic (exact) mass is 225 g/mol. The summed E-state index contributed by atoms with van der Waals surface area (Å²) in [5.41, 5.74) is 6.54. The van der Waals surface area contributed by atoms with E-state index < -0.39 is 0 Å². The summed E-state index contributed by atoms with van der Waals surface area (Å²) in [5.74, 6) is -0.641. The highest BCUT2D eigenvalue weighted by atomic mass is 32.2. The van der Waals surface area contributed by atoms with Crippen LogP contribution in [0.25, 0.3) is 0 Å². The molecule has 1 unspecified atom stereocenters. The van der Waals surface area contributed by atoms with E-state index in [1.807, 2.05) is 30.5 Å². The third-order valence-corrected chi connectivity index (χ3v) is 3.05. The van der Waals surface area contributed by atoms with Crippen LogP contribution in [0.2, 0.25) is 0 Å². The summed E-state index contributed by atoms with van der Waals surface area (Å²) in [4.78, 5) is 12.6. The van der Waals surface area contributed by atoms with E-state index in [1.165, 1.54) is 7.11 Å². The third kappa shape index (κ3) is 2.73. The molecule has 0 aromatic heterocycles. The smallest absolute Gasteiger partial charge is 0.314 e. The molecule has 0 aliphatic carbocycles. The topological polar surface area (TPSA) is 52.3 Å². The number of carbonyl (C=O) groups is 1. The summed E-state index contributed by atoms with van der Waals surface area (Å²) in [6.07, 6.45) is 1.98. The van der Waals surface area contributed by atoms with E-state index in [2.05, 4.69) is 0 Å². The third-order valence-electron chi connectivity index (χ3n) is 2.24. The van der Waals surface area contributed by atoms with Crippen molar-refractivity contribution in [1.29, 1.82) is 0 Å². The Morgan fingerprint density at radius 3 is 2.73 bits per heavy atom. The van der Waals surface area contributed by atoms with Gasteiger partial charge in [0.2, 0.25) is 0 Å². The van der Waals surface area contributed by atoms with Gasteiger partial charge in [-0.25, -0.2) is 0 Å². The maximum absolute atomic E-state index is 11.5. The zero-order valence-corrected chi connectivity index (χ0v) is 9.71. The van der Waals surface area contributed by atoms with Crippen molar-refractivity contribution in [3.05, 3.63) is 29.8 Å². The summed E-state index contributed by atoms with van der Waals surface area (Å²) in [6.45, 7) is 0.268. The van der Waals surface area contributed by atoms with Crippen LogP contribution in [0.5, 0.6) is 0 Å². The van der Waals surface area contributed by atoms with Crippen molar-refractivity contribution in [2.24, 2.45) is 5.73 Å². The lowest BCUT2D eigenvalue weighted by atomic mass is 9.99. The van der Waals surface area contributed by atoms with Crippen LogP contribution >= 0.6 is 11.8 Å². The quantitative estimate of drug-likeness (QED) is 0.625. The van der Waals surface area contributed by atoms with E-state index in [0.717, 1.165) is 10.5 Å². The van der Waals surface area contributed by atoms with Crippen molar-refractivity contribution in [3.63, 3.8) is 0 Å². The molecule has 0 amide bonds. The molecule has 0 aliphatic rings. The maximum atomic E-state index is 11.5. The Bertz CT molecular complexity index is 341. The second-order valence-corrected chi connectivity index (χ2v) is 3.90. The number of thioether (sulfide) groups is 1. The second kappa shape index (κ2) is 5.78. The van der Waals surface area contributed by atoms with Gasteiger partial charge in [0.15, 0.2) is 0 Å². The molecule has 3 nitrogen and oxygen atoms in total. The first-order valence-electron chi connectivity index (χ1n) is 4.65. The van der Waals surface area contributed by atoms with Crippen LogP contribution in [0.15, 0.2) is 29.2 Å². The first-order chi connectivity index (χ1) is 7.24. The van der Waals surface area contributed by atoms with Crippen LogP contribution in [-0.4, -0.2) is 25.9 Å². The van der Waals surface area contributed by atoms with Crippen molar-refractivity contribution < 1.29 is 9.53 Å². The van der Waals surface area contributed by atoms with Crippen molar-refractivity contribution in [1.82, 2.24) is 0 Å². The minimum Gasteiger partial charge on any atom is -0.469 e. The lowest BCUT2D eigenvalue weighted by Gasteiger charge is -2.15. The zero-order chi connectivity index (χ0) is 11.3. The van der Waals surface area contributed by atoms with Crippen molar-refractivity contribution in [2.75, 3.05) is 19.9 Å². The summed E-state index contributed by atoms with van der Waals surface area (Å²) in [7, 11) is 1.38. The number of hydrogen-bond donors (Lipinski definition) is 1. The number of ether oxygens (including phenoxy) is 1. The molecule has 4 heteroatoms.